The predicted molar refractivity (Wildman–Crippen MR) is 68.8 cm³/mol. The second-order valence-corrected chi connectivity index (χ2v) is 6.17. The Morgan fingerprint density at radius 3 is 2.47 bits per heavy atom. The van der Waals surface area contributed by atoms with Gasteiger partial charge in [-0.1, -0.05) is 46.3 Å². The van der Waals surface area contributed by atoms with Crippen molar-refractivity contribution in [1.82, 2.24) is 15.0 Å². The predicted octanol–water partition coefficient (Wildman–Crippen LogP) is 2.37. The van der Waals surface area contributed by atoms with Crippen LogP contribution in [-0.4, -0.2) is 26.7 Å². The van der Waals surface area contributed by atoms with Crippen LogP contribution in [0.5, 0.6) is 0 Å². The van der Waals surface area contributed by atoms with E-state index in [-0.39, 0.29) is 12.0 Å². The van der Waals surface area contributed by atoms with Crippen LogP contribution in [0, 0.1) is 5.41 Å². The molecule has 0 amide bonds. The van der Waals surface area contributed by atoms with E-state index in [1.165, 1.54) is 0 Å². The second kappa shape index (κ2) is 5.17. The highest BCUT2D eigenvalue weighted by Gasteiger charge is 2.31. The molecule has 0 aliphatic heterocycles. The Morgan fingerprint density at radius 1 is 1.29 bits per heavy atom. The Bertz CT molecular complexity index is 355. The maximum atomic E-state index is 8.87. The van der Waals surface area contributed by atoms with Crippen LogP contribution in [0.1, 0.15) is 53.2 Å². The summed E-state index contributed by atoms with van der Waals surface area (Å²) in [5.41, 5.74) is 1.34. The first kappa shape index (κ1) is 14.2. The summed E-state index contributed by atoms with van der Waals surface area (Å²) in [6.07, 6.45) is 4.18. The highest BCUT2D eigenvalue weighted by atomic mass is 16.3. The van der Waals surface area contributed by atoms with Crippen LogP contribution in [0.25, 0.3) is 0 Å². The molecule has 0 unspecified atom stereocenters. The van der Waals surface area contributed by atoms with Gasteiger partial charge in [0.2, 0.25) is 0 Å². The average molecular weight is 239 g/mol. The van der Waals surface area contributed by atoms with Gasteiger partial charge in [0, 0.05) is 11.6 Å². The third kappa shape index (κ3) is 3.80. The van der Waals surface area contributed by atoms with E-state index in [2.05, 4.69) is 44.9 Å². The minimum absolute atomic E-state index is 0.0210. The number of hydrogen-bond acceptors (Lipinski definition) is 3. The van der Waals surface area contributed by atoms with Crippen molar-refractivity contribution >= 4 is 0 Å². The summed E-state index contributed by atoms with van der Waals surface area (Å²) in [6, 6.07) is 0. The van der Waals surface area contributed by atoms with Gasteiger partial charge in [0.05, 0.1) is 18.8 Å². The van der Waals surface area contributed by atoms with Crippen molar-refractivity contribution in [2.75, 3.05) is 6.61 Å². The smallest absolute Gasteiger partial charge is 0.0883 e. The molecular formula is C13H25N3O. The standard InChI is InChI=1S/C13H25N3O/c1-6-12(2,3)10-13(4,5)11-9-16(7-8-17)15-14-11/h9,17H,6-8,10H2,1-5H3. The van der Waals surface area contributed by atoms with Crippen LogP contribution in [0.3, 0.4) is 0 Å². The van der Waals surface area contributed by atoms with Crippen molar-refractivity contribution < 1.29 is 5.11 Å². The number of aliphatic hydroxyl groups excluding tert-OH is 1. The Labute approximate surface area is 104 Å². The number of aliphatic hydroxyl groups is 1. The normalized spacial score (nSPS) is 13.1. The summed E-state index contributed by atoms with van der Waals surface area (Å²) in [7, 11) is 0. The summed E-state index contributed by atoms with van der Waals surface area (Å²) in [5, 5.41) is 17.1. The fraction of sp³-hybridized carbons (Fsp3) is 0.846. The zero-order valence-electron chi connectivity index (χ0n) is 11.7. The van der Waals surface area contributed by atoms with Crippen molar-refractivity contribution in [1.29, 1.82) is 0 Å². The summed E-state index contributed by atoms with van der Waals surface area (Å²) in [5.74, 6) is 0. The third-order valence-electron chi connectivity index (χ3n) is 3.44. The number of nitrogens with zero attached hydrogens (tertiary/aromatic N) is 3. The zero-order chi connectivity index (χ0) is 13.1. The van der Waals surface area contributed by atoms with Crippen LogP contribution >= 0.6 is 0 Å². The van der Waals surface area contributed by atoms with E-state index in [0.29, 0.717) is 12.0 Å². The number of hydrogen-bond donors (Lipinski definition) is 1. The molecule has 0 atom stereocenters. The monoisotopic (exact) mass is 239 g/mol. The Balaban J connectivity index is 2.81. The molecule has 0 radical (unpaired) electrons. The van der Waals surface area contributed by atoms with E-state index in [0.717, 1.165) is 18.5 Å². The van der Waals surface area contributed by atoms with Gasteiger partial charge in [-0.05, 0) is 11.8 Å². The molecule has 17 heavy (non-hydrogen) atoms. The molecule has 4 nitrogen and oxygen atoms in total. The first-order valence-electron chi connectivity index (χ1n) is 6.32. The molecule has 98 valence electrons. The fourth-order valence-corrected chi connectivity index (χ4v) is 2.23. The average Bonchev–Trinajstić information content (AvgIpc) is 2.66. The first-order valence-corrected chi connectivity index (χ1v) is 6.32. The van der Waals surface area contributed by atoms with Crippen molar-refractivity contribution in [2.45, 2.75) is 59.4 Å². The minimum atomic E-state index is 0.0210. The Morgan fingerprint density at radius 2 is 1.94 bits per heavy atom. The molecule has 1 heterocycles. The lowest BCUT2D eigenvalue weighted by Crippen LogP contribution is -2.26. The van der Waals surface area contributed by atoms with Gasteiger partial charge in [-0.2, -0.15) is 0 Å². The zero-order valence-corrected chi connectivity index (χ0v) is 11.7. The van der Waals surface area contributed by atoms with Crippen molar-refractivity contribution in [3.63, 3.8) is 0 Å². The molecule has 4 heteroatoms. The van der Waals surface area contributed by atoms with E-state index in [1.54, 1.807) is 4.68 Å². The van der Waals surface area contributed by atoms with Crippen molar-refractivity contribution in [3.05, 3.63) is 11.9 Å². The Hall–Kier alpha value is -0.900. The first-order chi connectivity index (χ1) is 7.80. The lowest BCUT2D eigenvalue weighted by atomic mass is 9.72. The molecule has 1 aromatic heterocycles. The van der Waals surface area contributed by atoms with E-state index in [9.17, 15) is 0 Å². The maximum Gasteiger partial charge on any atom is 0.0883 e. The van der Waals surface area contributed by atoms with Crippen LogP contribution in [-0.2, 0) is 12.0 Å². The molecule has 0 aliphatic rings. The van der Waals surface area contributed by atoms with E-state index >= 15 is 0 Å². The number of aromatic nitrogens is 3. The number of rotatable bonds is 6. The highest BCUT2D eigenvalue weighted by Crippen LogP contribution is 2.37. The lowest BCUT2D eigenvalue weighted by molar-refractivity contribution is 0.244. The van der Waals surface area contributed by atoms with Gasteiger partial charge in [0.15, 0.2) is 0 Å². The third-order valence-corrected chi connectivity index (χ3v) is 3.44. The maximum absolute atomic E-state index is 8.87. The van der Waals surface area contributed by atoms with Crippen molar-refractivity contribution in [3.8, 4) is 0 Å². The molecular weight excluding hydrogens is 214 g/mol. The van der Waals surface area contributed by atoms with Gasteiger partial charge in [-0.25, -0.2) is 4.68 Å². The largest absolute Gasteiger partial charge is 0.394 e. The van der Waals surface area contributed by atoms with Gasteiger partial charge < -0.3 is 5.11 Å². The summed E-state index contributed by atoms with van der Waals surface area (Å²) in [6.45, 7) is 11.8. The SMILES string of the molecule is CCC(C)(C)CC(C)(C)c1cn(CCO)nn1. The van der Waals surface area contributed by atoms with Crippen LogP contribution in [0.15, 0.2) is 6.20 Å². The van der Waals surface area contributed by atoms with Gasteiger partial charge in [-0.15, -0.1) is 5.10 Å². The van der Waals surface area contributed by atoms with E-state index < -0.39 is 0 Å². The van der Waals surface area contributed by atoms with Crippen LogP contribution in [0.4, 0.5) is 0 Å². The molecule has 0 fully saturated rings. The van der Waals surface area contributed by atoms with E-state index in [1.807, 2.05) is 6.20 Å². The topological polar surface area (TPSA) is 50.9 Å². The van der Waals surface area contributed by atoms with Gasteiger partial charge in [-0.3, -0.25) is 0 Å². The quantitative estimate of drug-likeness (QED) is 0.829. The molecule has 1 N–H and O–H groups in total. The summed E-state index contributed by atoms with van der Waals surface area (Å²) < 4.78 is 1.70. The lowest BCUT2D eigenvalue weighted by Gasteiger charge is -2.32. The van der Waals surface area contributed by atoms with E-state index in [4.69, 9.17) is 5.11 Å². The van der Waals surface area contributed by atoms with Gasteiger partial charge in [0.1, 0.15) is 0 Å². The second-order valence-electron chi connectivity index (χ2n) is 6.17. The molecule has 0 aromatic carbocycles. The molecule has 0 bridgehead atoms. The highest BCUT2D eigenvalue weighted by molar-refractivity contribution is 5.09. The molecule has 0 spiro atoms. The van der Waals surface area contributed by atoms with Crippen molar-refractivity contribution in [2.24, 2.45) is 5.41 Å². The molecule has 0 saturated heterocycles. The summed E-state index contributed by atoms with van der Waals surface area (Å²) >= 11 is 0. The molecule has 0 aliphatic carbocycles. The molecule has 1 aromatic rings. The summed E-state index contributed by atoms with van der Waals surface area (Å²) in [4.78, 5) is 0. The van der Waals surface area contributed by atoms with Gasteiger partial charge >= 0.3 is 0 Å². The molecule has 1 rings (SSSR count). The molecule has 0 saturated carbocycles. The van der Waals surface area contributed by atoms with Gasteiger partial charge in [0.25, 0.3) is 0 Å². The van der Waals surface area contributed by atoms with Crippen LogP contribution in [0.2, 0.25) is 0 Å². The van der Waals surface area contributed by atoms with Crippen LogP contribution < -0.4 is 0 Å². The Kier molecular flexibility index (Phi) is 4.31. The fourth-order valence-electron chi connectivity index (χ4n) is 2.23. The minimum Gasteiger partial charge on any atom is -0.394 e.